The molecule has 1 N–H and O–H groups in total. The van der Waals surface area contributed by atoms with Crippen molar-refractivity contribution in [3.63, 3.8) is 0 Å². The van der Waals surface area contributed by atoms with Gasteiger partial charge in [-0.1, -0.05) is 40.5 Å². The Hall–Kier alpha value is -0.0800. The third kappa shape index (κ3) is 2.98. The third-order valence-corrected chi connectivity index (χ3v) is 3.85. The molecule has 0 amide bonds. The van der Waals surface area contributed by atoms with Crippen molar-refractivity contribution in [2.75, 3.05) is 13.7 Å². The second-order valence-corrected chi connectivity index (χ2v) is 6.23. The molecule has 0 bridgehead atoms. The van der Waals surface area contributed by atoms with Gasteiger partial charge >= 0.3 is 0 Å². The Morgan fingerprint density at radius 1 is 1.25 bits per heavy atom. The van der Waals surface area contributed by atoms with Crippen LogP contribution in [0.1, 0.15) is 59.8 Å². The smallest absolute Gasteiger partial charge is 0.0836 e. The van der Waals surface area contributed by atoms with Gasteiger partial charge in [-0.3, -0.25) is 0 Å². The molecule has 0 aromatic carbocycles. The summed E-state index contributed by atoms with van der Waals surface area (Å²) >= 11 is 0. The molecular formula is C14H29NO. The number of hydrogen-bond acceptors (Lipinski definition) is 2. The molecule has 0 aromatic heterocycles. The molecule has 1 aliphatic rings. The van der Waals surface area contributed by atoms with Crippen molar-refractivity contribution in [3.05, 3.63) is 0 Å². The van der Waals surface area contributed by atoms with Crippen LogP contribution in [0.5, 0.6) is 0 Å². The molecule has 0 spiro atoms. The van der Waals surface area contributed by atoms with Gasteiger partial charge in [0.05, 0.1) is 5.60 Å². The molecule has 1 aliphatic carbocycles. The van der Waals surface area contributed by atoms with Crippen LogP contribution in [0.15, 0.2) is 0 Å². The highest BCUT2D eigenvalue weighted by atomic mass is 16.5. The molecular weight excluding hydrogens is 198 g/mol. The van der Waals surface area contributed by atoms with Gasteiger partial charge in [-0.05, 0) is 31.2 Å². The summed E-state index contributed by atoms with van der Waals surface area (Å²) in [5, 5.41) is 3.72. The molecule has 2 heteroatoms. The zero-order valence-corrected chi connectivity index (χ0v) is 11.7. The van der Waals surface area contributed by atoms with E-state index in [1.165, 1.54) is 32.1 Å². The van der Waals surface area contributed by atoms with E-state index < -0.39 is 0 Å². The van der Waals surface area contributed by atoms with Crippen molar-refractivity contribution in [2.24, 2.45) is 5.41 Å². The lowest BCUT2D eigenvalue weighted by Gasteiger charge is -2.44. The van der Waals surface area contributed by atoms with Crippen LogP contribution >= 0.6 is 0 Å². The normalized spacial score (nSPS) is 22.3. The predicted molar refractivity (Wildman–Crippen MR) is 69.7 cm³/mol. The maximum atomic E-state index is 5.92. The van der Waals surface area contributed by atoms with Gasteiger partial charge < -0.3 is 10.1 Å². The molecule has 96 valence electrons. The van der Waals surface area contributed by atoms with Crippen LogP contribution in [0.3, 0.4) is 0 Å². The van der Waals surface area contributed by atoms with Gasteiger partial charge in [-0.25, -0.2) is 0 Å². The minimum atomic E-state index is 0.0768. The van der Waals surface area contributed by atoms with E-state index in [2.05, 4.69) is 33.0 Å². The number of rotatable bonds is 5. The fourth-order valence-corrected chi connectivity index (χ4v) is 3.15. The topological polar surface area (TPSA) is 21.3 Å². The molecule has 1 fully saturated rings. The molecule has 0 saturated heterocycles. The van der Waals surface area contributed by atoms with Crippen molar-refractivity contribution in [2.45, 2.75) is 71.4 Å². The van der Waals surface area contributed by atoms with Crippen LogP contribution in [0.25, 0.3) is 0 Å². The molecule has 1 rings (SSSR count). The number of methoxy groups -OCH3 is 1. The summed E-state index contributed by atoms with van der Waals surface area (Å²) in [6, 6.07) is 0.465. The molecule has 0 aliphatic heterocycles. The van der Waals surface area contributed by atoms with E-state index >= 15 is 0 Å². The molecule has 2 nitrogen and oxygen atoms in total. The zero-order chi connectivity index (χ0) is 12.2. The Morgan fingerprint density at radius 2 is 1.81 bits per heavy atom. The monoisotopic (exact) mass is 227 g/mol. The van der Waals surface area contributed by atoms with E-state index in [1.807, 2.05) is 7.11 Å². The minimum absolute atomic E-state index is 0.0768. The Morgan fingerprint density at radius 3 is 2.19 bits per heavy atom. The van der Waals surface area contributed by atoms with Gasteiger partial charge in [0.15, 0.2) is 0 Å². The second-order valence-electron chi connectivity index (χ2n) is 6.23. The summed E-state index contributed by atoms with van der Waals surface area (Å²) in [5.74, 6) is 0. The highest BCUT2D eigenvalue weighted by Gasteiger charge is 2.46. The maximum absolute atomic E-state index is 5.92. The van der Waals surface area contributed by atoms with E-state index in [4.69, 9.17) is 4.74 Å². The predicted octanol–water partition coefficient (Wildman–Crippen LogP) is 3.36. The Bertz CT molecular complexity index is 201. The molecule has 0 heterocycles. The molecule has 1 unspecified atom stereocenters. The molecule has 1 saturated carbocycles. The highest BCUT2D eigenvalue weighted by Crippen LogP contribution is 2.41. The Labute approximate surface area is 101 Å². The lowest BCUT2D eigenvalue weighted by molar-refractivity contribution is -0.0651. The van der Waals surface area contributed by atoms with Crippen LogP contribution in [-0.2, 0) is 4.74 Å². The molecule has 16 heavy (non-hydrogen) atoms. The number of ether oxygens (including phenoxy) is 1. The average Bonchev–Trinajstić information content (AvgIpc) is 2.66. The lowest BCUT2D eigenvalue weighted by atomic mass is 9.75. The van der Waals surface area contributed by atoms with Gasteiger partial charge in [0.2, 0.25) is 0 Å². The molecule has 0 radical (unpaired) electrons. The number of hydrogen-bond donors (Lipinski definition) is 1. The van der Waals surface area contributed by atoms with E-state index in [9.17, 15) is 0 Å². The van der Waals surface area contributed by atoms with E-state index in [1.54, 1.807) is 0 Å². The van der Waals surface area contributed by atoms with E-state index in [0.717, 1.165) is 6.54 Å². The summed E-state index contributed by atoms with van der Waals surface area (Å²) in [5.41, 5.74) is 0.336. The van der Waals surface area contributed by atoms with Gasteiger partial charge in [-0.15, -0.1) is 0 Å². The summed E-state index contributed by atoms with van der Waals surface area (Å²) in [4.78, 5) is 0. The second kappa shape index (κ2) is 5.50. The standard InChI is InChI=1S/C14H29NO/c1-6-11-15-12(13(2,3)4)14(16-5)9-7-8-10-14/h12,15H,6-11H2,1-5H3. The zero-order valence-electron chi connectivity index (χ0n) is 11.7. The van der Waals surface area contributed by atoms with Gasteiger partial charge in [-0.2, -0.15) is 0 Å². The SMILES string of the molecule is CCCNC(C(C)(C)C)C1(OC)CCCC1. The average molecular weight is 227 g/mol. The van der Waals surface area contributed by atoms with Crippen LogP contribution in [0.4, 0.5) is 0 Å². The minimum Gasteiger partial charge on any atom is -0.377 e. The summed E-state index contributed by atoms with van der Waals surface area (Å²) < 4.78 is 5.92. The van der Waals surface area contributed by atoms with Gasteiger partial charge in [0.25, 0.3) is 0 Å². The van der Waals surface area contributed by atoms with Crippen LogP contribution < -0.4 is 5.32 Å². The first-order valence-corrected chi connectivity index (χ1v) is 6.75. The van der Waals surface area contributed by atoms with Crippen molar-refractivity contribution >= 4 is 0 Å². The van der Waals surface area contributed by atoms with Gasteiger partial charge in [0, 0.05) is 13.2 Å². The Kier molecular flexibility index (Phi) is 4.81. The summed E-state index contributed by atoms with van der Waals surface area (Å²) in [6.45, 7) is 10.3. The first-order valence-electron chi connectivity index (χ1n) is 6.75. The first-order chi connectivity index (χ1) is 7.46. The maximum Gasteiger partial charge on any atom is 0.0836 e. The first kappa shape index (κ1) is 14.0. The lowest BCUT2D eigenvalue weighted by Crippen LogP contribution is -2.57. The van der Waals surface area contributed by atoms with Crippen LogP contribution in [0.2, 0.25) is 0 Å². The fourth-order valence-electron chi connectivity index (χ4n) is 3.15. The van der Waals surface area contributed by atoms with Crippen LogP contribution in [-0.4, -0.2) is 25.3 Å². The van der Waals surface area contributed by atoms with Crippen molar-refractivity contribution in [3.8, 4) is 0 Å². The van der Waals surface area contributed by atoms with E-state index in [0.29, 0.717) is 6.04 Å². The van der Waals surface area contributed by atoms with Crippen LogP contribution in [0, 0.1) is 5.41 Å². The quantitative estimate of drug-likeness (QED) is 0.777. The summed E-state index contributed by atoms with van der Waals surface area (Å²) in [6.07, 6.45) is 6.24. The van der Waals surface area contributed by atoms with Gasteiger partial charge in [0.1, 0.15) is 0 Å². The molecule has 0 aromatic rings. The largest absolute Gasteiger partial charge is 0.377 e. The number of nitrogens with one attached hydrogen (secondary N) is 1. The Balaban J connectivity index is 2.80. The van der Waals surface area contributed by atoms with Crippen molar-refractivity contribution < 1.29 is 4.74 Å². The highest BCUT2D eigenvalue weighted by molar-refractivity contribution is 5.01. The molecule has 1 atom stereocenters. The van der Waals surface area contributed by atoms with Crippen molar-refractivity contribution in [1.82, 2.24) is 5.32 Å². The third-order valence-electron chi connectivity index (χ3n) is 3.85. The van der Waals surface area contributed by atoms with E-state index in [-0.39, 0.29) is 11.0 Å². The van der Waals surface area contributed by atoms with Crippen molar-refractivity contribution in [1.29, 1.82) is 0 Å². The fraction of sp³-hybridized carbons (Fsp3) is 1.00. The summed E-state index contributed by atoms with van der Waals surface area (Å²) in [7, 11) is 1.89.